The summed E-state index contributed by atoms with van der Waals surface area (Å²) in [4.78, 5) is 0. The Morgan fingerprint density at radius 3 is 2.06 bits per heavy atom. The first-order valence-corrected chi connectivity index (χ1v) is 6.22. The molecule has 0 heterocycles. The Balaban J connectivity index is 2.57. The SMILES string of the molecule is CC(C)C(O)COc1ccc(C(C)(C)C)cc1. The van der Waals surface area contributed by atoms with Crippen molar-refractivity contribution in [2.45, 2.75) is 46.1 Å². The molecule has 2 nitrogen and oxygen atoms in total. The molecule has 0 saturated carbocycles. The highest BCUT2D eigenvalue weighted by Crippen LogP contribution is 2.24. The molecule has 0 spiro atoms. The normalized spacial score (nSPS) is 13.8. The number of benzene rings is 1. The van der Waals surface area contributed by atoms with Crippen LogP contribution in [-0.4, -0.2) is 17.8 Å². The van der Waals surface area contributed by atoms with Crippen molar-refractivity contribution in [3.63, 3.8) is 0 Å². The minimum absolute atomic E-state index is 0.163. The lowest BCUT2D eigenvalue weighted by molar-refractivity contribution is 0.0701. The van der Waals surface area contributed by atoms with Crippen molar-refractivity contribution in [2.24, 2.45) is 5.92 Å². The van der Waals surface area contributed by atoms with E-state index < -0.39 is 6.10 Å². The average Bonchev–Trinajstić information content (AvgIpc) is 2.25. The number of hydrogen-bond acceptors (Lipinski definition) is 2. The topological polar surface area (TPSA) is 29.5 Å². The van der Waals surface area contributed by atoms with Gasteiger partial charge in [0.1, 0.15) is 12.4 Å². The summed E-state index contributed by atoms with van der Waals surface area (Å²) in [7, 11) is 0. The van der Waals surface area contributed by atoms with E-state index in [9.17, 15) is 5.11 Å². The molecule has 0 amide bonds. The summed E-state index contributed by atoms with van der Waals surface area (Å²) in [5, 5.41) is 9.65. The van der Waals surface area contributed by atoms with E-state index in [4.69, 9.17) is 4.74 Å². The summed E-state index contributed by atoms with van der Waals surface area (Å²) in [5.74, 6) is 1.04. The van der Waals surface area contributed by atoms with Crippen LogP contribution in [0, 0.1) is 5.92 Å². The first kappa shape index (κ1) is 14.0. The summed E-state index contributed by atoms with van der Waals surface area (Å²) in [6, 6.07) is 8.09. The smallest absolute Gasteiger partial charge is 0.119 e. The monoisotopic (exact) mass is 236 g/mol. The second-order valence-electron chi connectivity index (χ2n) is 5.90. The fourth-order valence-corrected chi connectivity index (χ4v) is 1.43. The largest absolute Gasteiger partial charge is 0.491 e. The van der Waals surface area contributed by atoms with Crippen molar-refractivity contribution in [2.75, 3.05) is 6.61 Å². The minimum Gasteiger partial charge on any atom is -0.491 e. The lowest BCUT2D eigenvalue weighted by atomic mass is 9.87. The van der Waals surface area contributed by atoms with Crippen LogP contribution in [0.1, 0.15) is 40.2 Å². The van der Waals surface area contributed by atoms with Crippen molar-refractivity contribution in [3.05, 3.63) is 29.8 Å². The fourth-order valence-electron chi connectivity index (χ4n) is 1.43. The molecule has 1 aromatic rings. The number of aliphatic hydroxyl groups excluding tert-OH is 1. The van der Waals surface area contributed by atoms with Gasteiger partial charge in [-0.25, -0.2) is 0 Å². The highest BCUT2D eigenvalue weighted by atomic mass is 16.5. The quantitative estimate of drug-likeness (QED) is 0.868. The van der Waals surface area contributed by atoms with Crippen LogP contribution in [0.3, 0.4) is 0 Å². The summed E-state index contributed by atoms with van der Waals surface area (Å²) in [5.41, 5.74) is 1.45. The van der Waals surface area contributed by atoms with Gasteiger partial charge >= 0.3 is 0 Å². The molecule has 0 radical (unpaired) electrons. The molecule has 1 unspecified atom stereocenters. The zero-order chi connectivity index (χ0) is 13.1. The molecule has 0 aliphatic rings. The third-order valence-corrected chi connectivity index (χ3v) is 2.91. The second kappa shape index (κ2) is 5.54. The van der Waals surface area contributed by atoms with Crippen LogP contribution in [-0.2, 0) is 5.41 Å². The molecule has 0 aliphatic carbocycles. The van der Waals surface area contributed by atoms with Crippen LogP contribution >= 0.6 is 0 Å². The standard InChI is InChI=1S/C15H24O2/c1-11(2)14(16)10-17-13-8-6-12(7-9-13)15(3,4)5/h6-9,11,14,16H,10H2,1-5H3. The Morgan fingerprint density at radius 1 is 1.12 bits per heavy atom. The van der Waals surface area contributed by atoms with Crippen molar-refractivity contribution in [1.82, 2.24) is 0 Å². The van der Waals surface area contributed by atoms with Crippen LogP contribution in [0.15, 0.2) is 24.3 Å². The maximum atomic E-state index is 9.65. The van der Waals surface area contributed by atoms with Crippen molar-refractivity contribution >= 4 is 0 Å². The zero-order valence-electron chi connectivity index (χ0n) is 11.5. The average molecular weight is 236 g/mol. The third kappa shape index (κ3) is 4.39. The molecule has 0 saturated heterocycles. The third-order valence-electron chi connectivity index (χ3n) is 2.91. The van der Waals surface area contributed by atoms with E-state index >= 15 is 0 Å². The molecular weight excluding hydrogens is 212 g/mol. The number of rotatable bonds is 4. The van der Waals surface area contributed by atoms with E-state index in [2.05, 4.69) is 32.9 Å². The molecule has 2 heteroatoms. The van der Waals surface area contributed by atoms with Gasteiger partial charge in [-0.3, -0.25) is 0 Å². The van der Waals surface area contributed by atoms with E-state index in [0.717, 1.165) is 5.75 Å². The molecule has 96 valence electrons. The molecule has 1 atom stereocenters. The first-order valence-electron chi connectivity index (χ1n) is 6.22. The predicted molar refractivity (Wildman–Crippen MR) is 71.5 cm³/mol. The Morgan fingerprint density at radius 2 is 1.65 bits per heavy atom. The Hall–Kier alpha value is -1.02. The van der Waals surface area contributed by atoms with Gasteiger partial charge in [-0.15, -0.1) is 0 Å². The van der Waals surface area contributed by atoms with Gasteiger partial charge in [0, 0.05) is 0 Å². The van der Waals surface area contributed by atoms with Gasteiger partial charge in [-0.1, -0.05) is 46.8 Å². The number of hydrogen-bond donors (Lipinski definition) is 1. The van der Waals surface area contributed by atoms with Crippen molar-refractivity contribution in [1.29, 1.82) is 0 Å². The molecule has 0 aromatic heterocycles. The Labute approximate surface area is 105 Å². The summed E-state index contributed by atoms with van der Waals surface area (Å²) < 4.78 is 5.55. The van der Waals surface area contributed by atoms with E-state index in [1.54, 1.807) is 0 Å². The molecule has 0 bridgehead atoms. The Bertz CT molecular complexity index is 333. The van der Waals surface area contributed by atoms with Gasteiger partial charge in [0.2, 0.25) is 0 Å². The van der Waals surface area contributed by atoms with Crippen LogP contribution in [0.2, 0.25) is 0 Å². The summed E-state index contributed by atoms with van der Waals surface area (Å²) in [6.07, 6.45) is -0.405. The van der Waals surface area contributed by atoms with Crippen molar-refractivity contribution < 1.29 is 9.84 Å². The fraction of sp³-hybridized carbons (Fsp3) is 0.600. The highest BCUT2D eigenvalue weighted by Gasteiger charge is 2.13. The number of aliphatic hydroxyl groups is 1. The molecule has 1 rings (SSSR count). The van der Waals surface area contributed by atoms with Gasteiger partial charge in [0.05, 0.1) is 6.10 Å². The maximum absolute atomic E-state index is 9.65. The second-order valence-corrected chi connectivity index (χ2v) is 5.90. The van der Waals surface area contributed by atoms with Crippen molar-refractivity contribution in [3.8, 4) is 5.75 Å². The Kier molecular flexibility index (Phi) is 4.58. The van der Waals surface area contributed by atoms with Crippen LogP contribution in [0.5, 0.6) is 5.75 Å². The van der Waals surface area contributed by atoms with E-state index in [-0.39, 0.29) is 11.3 Å². The van der Waals surface area contributed by atoms with Gasteiger partial charge in [0.25, 0.3) is 0 Å². The summed E-state index contributed by atoms with van der Waals surface area (Å²) in [6.45, 7) is 10.9. The van der Waals surface area contributed by atoms with E-state index in [0.29, 0.717) is 6.61 Å². The number of ether oxygens (including phenoxy) is 1. The van der Waals surface area contributed by atoms with E-state index in [1.807, 2.05) is 26.0 Å². The van der Waals surface area contributed by atoms with Gasteiger partial charge in [-0.2, -0.15) is 0 Å². The van der Waals surface area contributed by atoms with Crippen LogP contribution in [0.4, 0.5) is 0 Å². The van der Waals surface area contributed by atoms with E-state index in [1.165, 1.54) is 5.56 Å². The molecule has 0 aliphatic heterocycles. The molecule has 1 aromatic carbocycles. The minimum atomic E-state index is -0.405. The predicted octanol–water partition coefficient (Wildman–Crippen LogP) is 3.38. The van der Waals surface area contributed by atoms with Crippen LogP contribution in [0.25, 0.3) is 0 Å². The lowest BCUT2D eigenvalue weighted by Gasteiger charge is -2.20. The molecule has 17 heavy (non-hydrogen) atoms. The zero-order valence-corrected chi connectivity index (χ0v) is 11.5. The maximum Gasteiger partial charge on any atom is 0.119 e. The van der Waals surface area contributed by atoms with Gasteiger partial charge < -0.3 is 9.84 Å². The first-order chi connectivity index (χ1) is 7.80. The van der Waals surface area contributed by atoms with Crippen LogP contribution < -0.4 is 4.74 Å². The highest BCUT2D eigenvalue weighted by molar-refractivity contribution is 5.31. The molecule has 0 fully saturated rings. The molecular formula is C15H24O2. The summed E-state index contributed by atoms with van der Waals surface area (Å²) >= 11 is 0. The lowest BCUT2D eigenvalue weighted by Crippen LogP contribution is -2.23. The molecule has 1 N–H and O–H groups in total. The van der Waals surface area contributed by atoms with Gasteiger partial charge in [-0.05, 0) is 29.0 Å². The van der Waals surface area contributed by atoms with Gasteiger partial charge in [0.15, 0.2) is 0 Å².